The Labute approximate surface area is 206 Å². The Balaban J connectivity index is 1.88. The fraction of sp³-hybridized carbons (Fsp3) is 0.375. The number of hydrogen-bond acceptors (Lipinski definition) is 6. The molecule has 34 heavy (non-hydrogen) atoms. The minimum atomic E-state index is -3.47. The molecule has 10 heteroatoms. The largest absolute Gasteiger partial charge is 0.493 e. The molecule has 0 fully saturated rings. The highest BCUT2D eigenvalue weighted by Gasteiger charge is 2.20. The highest BCUT2D eigenvalue weighted by atomic mass is 35.5. The molecule has 8 nitrogen and oxygen atoms in total. The third-order valence-corrected chi connectivity index (χ3v) is 5.62. The maximum absolute atomic E-state index is 12.4. The van der Waals surface area contributed by atoms with Gasteiger partial charge in [-0.05, 0) is 54.8 Å². The van der Waals surface area contributed by atoms with Gasteiger partial charge in [-0.1, -0.05) is 37.6 Å². The van der Waals surface area contributed by atoms with Crippen LogP contribution in [0.2, 0.25) is 5.02 Å². The minimum Gasteiger partial charge on any atom is -0.493 e. The number of benzene rings is 2. The number of methoxy groups -OCH3 is 1. The van der Waals surface area contributed by atoms with Crippen molar-refractivity contribution in [1.82, 2.24) is 10.0 Å². The number of carbonyl (C=O) groups excluding carboxylic acids is 1. The smallest absolute Gasteiger partial charge is 0.238 e. The number of sulfonamides is 1. The summed E-state index contributed by atoms with van der Waals surface area (Å²) in [5.41, 5.74) is 0.920. The van der Waals surface area contributed by atoms with Gasteiger partial charge in [0.25, 0.3) is 0 Å². The summed E-state index contributed by atoms with van der Waals surface area (Å²) in [4.78, 5) is 12.4. The number of carbonyl (C=O) groups is 1. The van der Waals surface area contributed by atoms with Crippen molar-refractivity contribution in [3.63, 3.8) is 0 Å². The number of nitrogens with one attached hydrogen (secondary N) is 2. The van der Waals surface area contributed by atoms with Crippen LogP contribution in [-0.4, -0.2) is 46.9 Å². The average molecular weight is 511 g/mol. The molecule has 2 rings (SSSR count). The van der Waals surface area contributed by atoms with Gasteiger partial charge in [-0.15, -0.1) is 0 Å². The molecule has 2 aromatic rings. The van der Waals surface area contributed by atoms with E-state index in [1.807, 2.05) is 19.1 Å². The van der Waals surface area contributed by atoms with Gasteiger partial charge < -0.3 is 19.5 Å². The fourth-order valence-corrected chi connectivity index (χ4v) is 3.96. The summed E-state index contributed by atoms with van der Waals surface area (Å²) >= 11 is 5.87. The van der Waals surface area contributed by atoms with Gasteiger partial charge >= 0.3 is 0 Å². The van der Waals surface area contributed by atoms with Crippen molar-refractivity contribution in [3.05, 3.63) is 65.4 Å². The molecule has 1 amide bonds. The molecule has 0 aliphatic rings. The van der Waals surface area contributed by atoms with Crippen LogP contribution in [0.5, 0.6) is 17.2 Å². The molecule has 2 aromatic carbocycles. The van der Waals surface area contributed by atoms with Crippen molar-refractivity contribution in [3.8, 4) is 17.2 Å². The molecule has 0 heterocycles. The van der Waals surface area contributed by atoms with Gasteiger partial charge in [0.15, 0.2) is 11.5 Å². The Morgan fingerprint density at radius 1 is 1.15 bits per heavy atom. The molecule has 0 radical (unpaired) electrons. The van der Waals surface area contributed by atoms with Gasteiger partial charge in [0.2, 0.25) is 15.9 Å². The molecule has 0 bridgehead atoms. The van der Waals surface area contributed by atoms with E-state index in [1.54, 1.807) is 37.4 Å². The van der Waals surface area contributed by atoms with E-state index in [2.05, 4.69) is 16.6 Å². The first kappa shape index (κ1) is 27.5. The third-order valence-electron chi connectivity index (χ3n) is 4.66. The Hall–Kier alpha value is -2.75. The molecule has 0 aliphatic heterocycles. The summed E-state index contributed by atoms with van der Waals surface area (Å²) in [7, 11) is -1.93. The lowest BCUT2D eigenvalue weighted by Gasteiger charge is -2.17. The van der Waals surface area contributed by atoms with E-state index in [4.69, 9.17) is 25.8 Å². The molecule has 0 spiro atoms. The first-order chi connectivity index (χ1) is 16.1. The first-order valence-electron chi connectivity index (χ1n) is 10.8. The van der Waals surface area contributed by atoms with Crippen molar-refractivity contribution < 1.29 is 27.4 Å². The minimum absolute atomic E-state index is 0.126. The van der Waals surface area contributed by atoms with Crippen LogP contribution in [0.4, 0.5) is 0 Å². The molecule has 0 saturated heterocycles. The van der Waals surface area contributed by atoms with Crippen molar-refractivity contribution in [2.45, 2.75) is 32.2 Å². The number of amides is 1. The number of halogens is 1. The van der Waals surface area contributed by atoms with Gasteiger partial charge in [0, 0.05) is 11.6 Å². The topological polar surface area (TPSA) is 103 Å². The average Bonchev–Trinajstić information content (AvgIpc) is 2.78. The van der Waals surface area contributed by atoms with E-state index >= 15 is 0 Å². The molecule has 1 atom stereocenters. The van der Waals surface area contributed by atoms with Crippen LogP contribution in [0.25, 0.3) is 0 Å². The zero-order chi connectivity index (χ0) is 25.1. The van der Waals surface area contributed by atoms with E-state index in [0.29, 0.717) is 53.8 Å². The van der Waals surface area contributed by atoms with Crippen LogP contribution in [0.15, 0.2) is 54.8 Å². The predicted molar refractivity (Wildman–Crippen MR) is 133 cm³/mol. The molecule has 0 saturated carbocycles. The quantitative estimate of drug-likeness (QED) is 0.376. The number of rotatable bonds is 14. The van der Waals surface area contributed by atoms with Crippen LogP contribution in [0, 0.1) is 0 Å². The lowest BCUT2D eigenvalue weighted by atomic mass is 10.1. The van der Waals surface area contributed by atoms with Crippen LogP contribution in [0.3, 0.4) is 0 Å². The normalized spacial score (nSPS) is 12.0. The standard InChI is InChI=1S/C24H31ClN2O6S/c1-5-6-21(27-34(4,29)30)24(28)26-14-13-18-7-12-22(23(15-18)31-3)32-16-17(2)33-20-10-8-19(25)9-11-20/h7-12,15,21,27H,2,5-6,13-14,16H2,1,3-4H3,(H,26,28)/t21-/m0/s1. The van der Waals surface area contributed by atoms with E-state index in [1.165, 1.54) is 0 Å². The second kappa shape index (κ2) is 13.2. The Bertz CT molecular complexity index is 1070. The predicted octanol–water partition coefficient (Wildman–Crippen LogP) is 3.70. The Kier molecular flexibility index (Phi) is 10.7. The highest BCUT2D eigenvalue weighted by Crippen LogP contribution is 2.29. The highest BCUT2D eigenvalue weighted by molar-refractivity contribution is 7.88. The van der Waals surface area contributed by atoms with E-state index in [-0.39, 0.29) is 12.5 Å². The van der Waals surface area contributed by atoms with Crippen molar-refractivity contribution in [1.29, 1.82) is 0 Å². The lowest BCUT2D eigenvalue weighted by Crippen LogP contribution is -2.46. The summed E-state index contributed by atoms with van der Waals surface area (Å²) in [6.07, 6.45) is 2.67. The number of hydrogen-bond donors (Lipinski definition) is 2. The van der Waals surface area contributed by atoms with Crippen LogP contribution in [-0.2, 0) is 21.2 Å². The third kappa shape index (κ3) is 9.62. The van der Waals surface area contributed by atoms with Crippen LogP contribution in [0.1, 0.15) is 25.3 Å². The van der Waals surface area contributed by atoms with Gasteiger partial charge in [0.1, 0.15) is 24.2 Å². The van der Waals surface area contributed by atoms with E-state index in [0.717, 1.165) is 11.8 Å². The van der Waals surface area contributed by atoms with Gasteiger partial charge in [0.05, 0.1) is 13.4 Å². The molecular weight excluding hydrogens is 480 g/mol. The molecule has 0 unspecified atom stereocenters. The van der Waals surface area contributed by atoms with E-state index < -0.39 is 16.1 Å². The summed E-state index contributed by atoms with van der Waals surface area (Å²) in [5.74, 6) is 1.73. The van der Waals surface area contributed by atoms with Gasteiger partial charge in [-0.3, -0.25) is 4.79 Å². The maximum Gasteiger partial charge on any atom is 0.238 e. The monoisotopic (exact) mass is 510 g/mol. The van der Waals surface area contributed by atoms with Crippen molar-refractivity contribution in [2.24, 2.45) is 0 Å². The summed E-state index contributed by atoms with van der Waals surface area (Å²) in [6, 6.07) is 11.6. The first-order valence-corrected chi connectivity index (χ1v) is 13.0. The summed E-state index contributed by atoms with van der Waals surface area (Å²) in [6.45, 7) is 6.22. The number of ether oxygens (including phenoxy) is 3. The van der Waals surface area contributed by atoms with Crippen molar-refractivity contribution >= 4 is 27.5 Å². The maximum atomic E-state index is 12.4. The van der Waals surface area contributed by atoms with Crippen LogP contribution >= 0.6 is 11.6 Å². The zero-order valence-corrected chi connectivity index (χ0v) is 21.2. The molecular formula is C24H31ClN2O6S. The summed E-state index contributed by atoms with van der Waals surface area (Å²) in [5, 5.41) is 3.40. The SMILES string of the molecule is C=C(COc1ccc(CCNC(=O)[C@H](CCC)NS(C)(=O)=O)cc1OC)Oc1ccc(Cl)cc1. The lowest BCUT2D eigenvalue weighted by molar-refractivity contribution is -0.122. The van der Waals surface area contributed by atoms with Crippen LogP contribution < -0.4 is 24.2 Å². The van der Waals surface area contributed by atoms with Gasteiger partial charge in [-0.25, -0.2) is 13.1 Å². The molecule has 2 N–H and O–H groups in total. The molecule has 186 valence electrons. The second-order valence-corrected chi connectivity index (χ2v) is 9.86. The second-order valence-electron chi connectivity index (χ2n) is 7.64. The molecule has 0 aromatic heterocycles. The fourth-order valence-electron chi connectivity index (χ4n) is 3.09. The van der Waals surface area contributed by atoms with Crippen molar-refractivity contribution in [2.75, 3.05) is 26.5 Å². The van der Waals surface area contributed by atoms with Gasteiger partial charge in [-0.2, -0.15) is 0 Å². The van der Waals surface area contributed by atoms with E-state index in [9.17, 15) is 13.2 Å². The Morgan fingerprint density at radius 2 is 1.85 bits per heavy atom. The molecule has 0 aliphatic carbocycles. The summed E-state index contributed by atoms with van der Waals surface area (Å²) < 4.78 is 42.2. The Morgan fingerprint density at radius 3 is 2.47 bits per heavy atom. The zero-order valence-electron chi connectivity index (χ0n) is 19.6.